The standard InChI is InChI=1S/C13H13N3O3/c1-9(10-5-3-2-4-6-10)19-13-11(16(17)18)7-8-12(14)15-13/h2-9H,1H3,(H2,14,15). The highest BCUT2D eigenvalue weighted by molar-refractivity contribution is 5.47. The number of hydrogen-bond acceptors (Lipinski definition) is 5. The molecule has 1 atom stereocenters. The van der Waals surface area contributed by atoms with E-state index in [2.05, 4.69) is 4.98 Å². The molecule has 19 heavy (non-hydrogen) atoms. The Bertz CT molecular complexity index is 587. The van der Waals surface area contributed by atoms with Crippen molar-refractivity contribution in [1.29, 1.82) is 0 Å². The average Bonchev–Trinajstić information content (AvgIpc) is 2.39. The van der Waals surface area contributed by atoms with Crippen molar-refractivity contribution in [1.82, 2.24) is 4.98 Å². The number of hydrogen-bond donors (Lipinski definition) is 1. The van der Waals surface area contributed by atoms with Crippen molar-refractivity contribution in [3.05, 3.63) is 58.1 Å². The largest absolute Gasteiger partial charge is 0.465 e. The third-order valence-corrected chi connectivity index (χ3v) is 2.62. The van der Waals surface area contributed by atoms with Crippen molar-refractivity contribution in [2.75, 3.05) is 5.73 Å². The predicted molar refractivity (Wildman–Crippen MR) is 70.8 cm³/mol. The molecule has 6 nitrogen and oxygen atoms in total. The molecule has 2 N–H and O–H groups in total. The summed E-state index contributed by atoms with van der Waals surface area (Å²) in [5.41, 5.74) is 6.23. The lowest BCUT2D eigenvalue weighted by molar-refractivity contribution is -0.386. The molecule has 0 aliphatic heterocycles. The molecule has 0 aliphatic carbocycles. The van der Waals surface area contributed by atoms with Crippen molar-refractivity contribution < 1.29 is 9.66 Å². The van der Waals surface area contributed by atoms with Gasteiger partial charge in [0.15, 0.2) is 0 Å². The molecule has 0 saturated heterocycles. The summed E-state index contributed by atoms with van der Waals surface area (Å²) in [5.74, 6) is 0.113. The topological polar surface area (TPSA) is 91.3 Å². The first kappa shape index (κ1) is 12.8. The number of nitrogens with zero attached hydrogens (tertiary/aromatic N) is 2. The number of pyridine rings is 1. The normalized spacial score (nSPS) is 11.8. The van der Waals surface area contributed by atoms with Crippen molar-refractivity contribution in [2.24, 2.45) is 0 Å². The minimum absolute atomic E-state index is 0.0682. The molecule has 0 amide bonds. The van der Waals surface area contributed by atoms with Crippen molar-refractivity contribution in [3.8, 4) is 5.88 Å². The second-order valence-corrected chi connectivity index (χ2v) is 3.99. The van der Waals surface area contributed by atoms with Gasteiger partial charge in [-0.15, -0.1) is 0 Å². The van der Waals surface area contributed by atoms with Gasteiger partial charge in [0.25, 0.3) is 5.88 Å². The lowest BCUT2D eigenvalue weighted by atomic mass is 10.1. The maximum absolute atomic E-state index is 10.9. The molecule has 0 radical (unpaired) electrons. The lowest BCUT2D eigenvalue weighted by Crippen LogP contribution is -2.07. The summed E-state index contributed by atoms with van der Waals surface area (Å²) in [6.07, 6.45) is -0.353. The van der Waals surface area contributed by atoms with E-state index in [0.29, 0.717) is 0 Å². The molecular weight excluding hydrogens is 246 g/mol. The van der Waals surface area contributed by atoms with Crippen LogP contribution < -0.4 is 10.5 Å². The fourth-order valence-electron chi connectivity index (χ4n) is 1.63. The fourth-order valence-corrected chi connectivity index (χ4v) is 1.63. The molecule has 0 fully saturated rings. The van der Waals surface area contributed by atoms with Gasteiger partial charge in [-0.25, -0.2) is 0 Å². The van der Waals surface area contributed by atoms with Gasteiger partial charge in [-0.05, 0) is 18.6 Å². The van der Waals surface area contributed by atoms with Gasteiger partial charge in [0.05, 0.1) is 4.92 Å². The van der Waals surface area contributed by atoms with E-state index in [1.165, 1.54) is 12.1 Å². The van der Waals surface area contributed by atoms with E-state index >= 15 is 0 Å². The minimum atomic E-state index is -0.542. The van der Waals surface area contributed by atoms with Gasteiger partial charge in [0, 0.05) is 6.07 Å². The Labute approximate surface area is 110 Å². The van der Waals surface area contributed by atoms with Crippen LogP contribution in [0.1, 0.15) is 18.6 Å². The Hall–Kier alpha value is -2.63. The molecule has 0 saturated carbocycles. The number of ether oxygens (including phenoxy) is 1. The van der Waals surface area contributed by atoms with E-state index in [0.717, 1.165) is 5.56 Å². The van der Waals surface area contributed by atoms with Gasteiger partial charge in [0.2, 0.25) is 0 Å². The van der Waals surface area contributed by atoms with Crippen LogP contribution in [0.3, 0.4) is 0 Å². The smallest absolute Gasteiger partial charge is 0.331 e. The number of nitrogen functional groups attached to an aromatic ring is 1. The number of nitrogens with two attached hydrogens (primary N) is 1. The van der Waals surface area contributed by atoms with E-state index in [4.69, 9.17) is 10.5 Å². The van der Waals surface area contributed by atoms with Crippen LogP contribution in [0.5, 0.6) is 5.88 Å². The zero-order valence-electron chi connectivity index (χ0n) is 10.3. The molecule has 0 aliphatic rings. The quantitative estimate of drug-likeness (QED) is 0.673. The Kier molecular flexibility index (Phi) is 3.61. The maximum Gasteiger partial charge on any atom is 0.331 e. The summed E-state index contributed by atoms with van der Waals surface area (Å²) < 4.78 is 5.54. The number of aromatic nitrogens is 1. The molecule has 2 rings (SSSR count). The monoisotopic (exact) mass is 259 g/mol. The Morgan fingerprint density at radius 1 is 1.26 bits per heavy atom. The van der Waals surface area contributed by atoms with E-state index < -0.39 is 4.92 Å². The zero-order chi connectivity index (χ0) is 13.8. The average molecular weight is 259 g/mol. The summed E-state index contributed by atoms with van der Waals surface area (Å²) in [6.45, 7) is 1.80. The molecule has 6 heteroatoms. The first-order chi connectivity index (χ1) is 9.08. The van der Waals surface area contributed by atoms with Gasteiger partial charge < -0.3 is 10.5 Å². The van der Waals surface area contributed by atoms with Crippen molar-refractivity contribution in [3.63, 3.8) is 0 Å². The minimum Gasteiger partial charge on any atom is -0.465 e. The van der Waals surface area contributed by atoms with Gasteiger partial charge in [0.1, 0.15) is 11.9 Å². The highest BCUT2D eigenvalue weighted by Crippen LogP contribution is 2.29. The fraction of sp³-hybridized carbons (Fsp3) is 0.154. The second-order valence-electron chi connectivity index (χ2n) is 3.99. The highest BCUT2D eigenvalue weighted by Gasteiger charge is 2.19. The highest BCUT2D eigenvalue weighted by atomic mass is 16.6. The summed E-state index contributed by atoms with van der Waals surface area (Å²) in [5, 5.41) is 10.9. The third kappa shape index (κ3) is 2.98. The molecule has 0 spiro atoms. The first-order valence-corrected chi connectivity index (χ1v) is 5.70. The molecule has 1 unspecified atom stereocenters. The zero-order valence-corrected chi connectivity index (χ0v) is 10.3. The summed E-state index contributed by atoms with van der Waals surface area (Å²) in [6, 6.07) is 12.0. The summed E-state index contributed by atoms with van der Waals surface area (Å²) in [7, 11) is 0. The lowest BCUT2D eigenvalue weighted by Gasteiger charge is -2.14. The third-order valence-electron chi connectivity index (χ3n) is 2.62. The number of anilines is 1. The number of benzene rings is 1. The van der Waals surface area contributed by atoms with Gasteiger partial charge >= 0.3 is 5.69 Å². The second kappa shape index (κ2) is 5.34. The van der Waals surface area contributed by atoms with Gasteiger partial charge in [-0.3, -0.25) is 10.1 Å². The van der Waals surface area contributed by atoms with Crippen LogP contribution in [0.25, 0.3) is 0 Å². The molecule has 2 aromatic rings. The predicted octanol–water partition coefficient (Wildman–Crippen LogP) is 2.71. The molecule has 0 bridgehead atoms. The van der Waals surface area contributed by atoms with Crippen LogP contribution in [-0.4, -0.2) is 9.91 Å². The van der Waals surface area contributed by atoms with E-state index in [9.17, 15) is 10.1 Å². The molecular formula is C13H13N3O3. The Balaban J connectivity index is 2.28. The number of nitro groups is 1. The molecule has 98 valence electrons. The van der Waals surface area contributed by atoms with E-state index in [1.807, 2.05) is 30.3 Å². The molecule has 1 heterocycles. The van der Waals surface area contributed by atoms with Crippen LogP contribution in [0.2, 0.25) is 0 Å². The van der Waals surface area contributed by atoms with Gasteiger partial charge in [-0.2, -0.15) is 4.98 Å². The van der Waals surface area contributed by atoms with Crippen molar-refractivity contribution in [2.45, 2.75) is 13.0 Å². The van der Waals surface area contributed by atoms with Crippen molar-refractivity contribution >= 4 is 11.5 Å². The Morgan fingerprint density at radius 3 is 2.58 bits per heavy atom. The van der Waals surface area contributed by atoms with Crippen LogP contribution in [-0.2, 0) is 0 Å². The van der Waals surface area contributed by atoms with Crippen LogP contribution in [0.15, 0.2) is 42.5 Å². The summed E-state index contributed by atoms with van der Waals surface area (Å²) >= 11 is 0. The van der Waals surface area contributed by atoms with Crippen LogP contribution in [0, 0.1) is 10.1 Å². The van der Waals surface area contributed by atoms with Gasteiger partial charge in [-0.1, -0.05) is 30.3 Å². The number of rotatable bonds is 4. The van der Waals surface area contributed by atoms with Crippen LogP contribution >= 0.6 is 0 Å². The Morgan fingerprint density at radius 2 is 1.95 bits per heavy atom. The summed E-state index contributed by atoms with van der Waals surface area (Å²) in [4.78, 5) is 14.2. The maximum atomic E-state index is 10.9. The van der Waals surface area contributed by atoms with E-state index in [-0.39, 0.29) is 23.5 Å². The molecule has 1 aromatic carbocycles. The van der Waals surface area contributed by atoms with Crippen LogP contribution in [0.4, 0.5) is 11.5 Å². The van der Waals surface area contributed by atoms with E-state index in [1.54, 1.807) is 6.92 Å². The first-order valence-electron chi connectivity index (χ1n) is 5.70. The molecule has 1 aromatic heterocycles. The SMILES string of the molecule is CC(Oc1nc(N)ccc1[N+](=O)[O-])c1ccccc1.